The van der Waals surface area contributed by atoms with Gasteiger partial charge in [-0.15, -0.1) is 0 Å². The van der Waals surface area contributed by atoms with Gasteiger partial charge in [-0.1, -0.05) is 12.1 Å². The highest BCUT2D eigenvalue weighted by Gasteiger charge is 2.00. The summed E-state index contributed by atoms with van der Waals surface area (Å²) in [6.07, 6.45) is 0. The van der Waals surface area contributed by atoms with Gasteiger partial charge in [-0.3, -0.25) is 10.3 Å². The third kappa shape index (κ3) is 0.991. The van der Waals surface area contributed by atoms with Gasteiger partial charge < -0.3 is 0 Å². The Kier molecular flexibility index (Phi) is 1.36. The Bertz CT molecular complexity index is 331. The highest BCUT2D eigenvalue weighted by atomic mass is 15.1. The number of nitrogens with one attached hydrogen (secondary N) is 1. The molecular weight excluding hydrogens is 138 g/mol. The summed E-state index contributed by atoms with van der Waals surface area (Å²) in [5, 5.41) is 1.96. The van der Waals surface area contributed by atoms with E-state index < -0.39 is 0 Å². The first-order chi connectivity index (χ1) is 5.40. The van der Waals surface area contributed by atoms with E-state index in [1.54, 1.807) is 0 Å². The number of imidazole rings is 1. The van der Waals surface area contributed by atoms with E-state index in [0.29, 0.717) is 0 Å². The average molecular weight is 148 g/mol. The van der Waals surface area contributed by atoms with E-state index in [1.165, 1.54) is 0 Å². The quantitative estimate of drug-likeness (QED) is 0.603. The van der Waals surface area contributed by atoms with Crippen molar-refractivity contribution < 1.29 is 5.32 Å². The summed E-state index contributed by atoms with van der Waals surface area (Å²) in [4.78, 5) is 7.50. The van der Waals surface area contributed by atoms with Gasteiger partial charge in [-0.05, 0) is 12.1 Å². The standard InChI is InChI=1S/C8H9N3/c1-9-8-10-6-4-2-3-5-7(6)11-8/h2-5H,1H3,(H2,9,10,11)/p+1. The first-order valence-corrected chi connectivity index (χ1v) is 3.64. The molecule has 56 valence electrons. The number of aromatic nitrogens is 2. The van der Waals surface area contributed by atoms with Crippen molar-refractivity contribution in [1.82, 2.24) is 9.97 Å². The minimum Gasteiger partial charge on any atom is -0.292 e. The molecule has 1 aromatic carbocycles. The van der Waals surface area contributed by atoms with Crippen LogP contribution in [0.4, 0.5) is 5.95 Å². The monoisotopic (exact) mass is 148 g/mol. The van der Waals surface area contributed by atoms with Gasteiger partial charge in [0, 0.05) is 0 Å². The smallest absolute Gasteiger partial charge is 0.292 e. The molecule has 0 aliphatic carbocycles. The Morgan fingerprint density at radius 2 is 2.18 bits per heavy atom. The number of aromatic amines is 1. The highest BCUT2D eigenvalue weighted by Crippen LogP contribution is 2.09. The molecule has 1 heterocycles. The summed E-state index contributed by atoms with van der Waals surface area (Å²) in [5.74, 6) is 0.936. The molecule has 1 aromatic heterocycles. The summed E-state index contributed by atoms with van der Waals surface area (Å²) in [6, 6.07) is 8.01. The Morgan fingerprint density at radius 3 is 2.91 bits per heavy atom. The highest BCUT2D eigenvalue weighted by molar-refractivity contribution is 5.75. The normalized spacial score (nSPS) is 10.6. The molecule has 0 amide bonds. The molecule has 0 radical (unpaired) electrons. The first-order valence-electron chi connectivity index (χ1n) is 3.64. The molecule has 0 unspecified atom stereocenters. The molecule has 3 N–H and O–H groups in total. The van der Waals surface area contributed by atoms with Crippen LogP contribution in [0, 0.1) is 0 Å². The summed E-state index contributed by atoms with van der Waals surface area (Å²) < 4.78 is 0. The molecule has 3 heteroatoms. The van der Waals surface area contributed by atoms with E-state index in [-0.39, 0.29) is 0 Å². The van der Waals surface area contributed by atoms with Crippen molar-refractivity contribution in [3.05, 3.63) is 24.3 Å². The van der Waals surface area contributed by atoms with Gasteiger partial charge >= 0.3 is 5.95 Å². The summed E-state index contributed by atoms with van der Waals surface area (Å²) in [7, 11) is 1.97. The zero-order valence-corrected chi connectivity index (χ0v) is 6.33. The van der Waals surface area contributed by atoms with Crippen molar-refractivity contribution >= 4 is 17.0 Å². The van der Waals surface area contributed by atoms with Gasteiger partial charge in [0.25, 0.3) is 0 Å². The van der Waals surface area contributed by atoms with Gasteiger partial charge in [0.1, 0.15) is 0 Å². The van der Waals surface area contributed by atoms with Gasteiger partial charge in [0.05, 0.1) is 18.1 Å². The fourth-order valence-electron chi connectivity index (χ4n) is 1.11. The van der Waals surface area contributed by atoms with Crippen LogP contribution in [0.5, 0.6) is 0 Å². The minimum absolute atomic E-state index is 0.936. The lowest BCUT2D eigenvalue weighted by Crippen LogP contribution is -2.73. The lowest BCUT2D eigenvalue weighted by molar-refractivity contribution is -0.546. The Balaban J connectivity index is 2.69. The largest absolute Gasteiger partial charge is 0.303 e. The Morgan fingerprint density at radius 1 is 1.36 bits per heavy atom. The van der Waals surface area contributed by atoms with Crippen molar-refractivity contribution in [3.8, 4) is 0 Å². The van der Waals surface area contributed by atoms with E-state index in [4.69, 9.17) is 0 Å². The molecule has 2 rings (SSSR count). The number of rotatable bonds is 1. The van der Waals surface area contributed by atoms with Crippen molar-refractivity contribution in [2.75, 3.05) is 7.05 Å². The first kappa shape index (κ1) is 6.37. The summed E-state index contributed by atoms with van der Waals surface area (Å²) >= 11 is 0. The molecule has 0 aliphatic rings. The van der Waals surface area contributed by atoms with Gasteiger partial charge in [0.2, 0.25) is 0 Å². The molecule has 0 saturated heterocycles. The molecule has 0 atom stereocenters. The zero-order chi connectivity index (χ0) is 7.68. The number of hydrogen-bond donors (Lipinski definition) is 2. The third-order valence-electron chi connectivity index (χ3n) is 1.68. The molecule has 3 nitrogen and oxygen atoms in total. The van der Waals surface area contributed by atoms with E-state index in [2.05, 4.69) is 9.97 Å². The second kappa shape index (κ2) is 2.36. The van der Waals surface area contributed by atoms with Crippen LogP contribution in [-0.4, -0.2) is 17.0 Å². The lowest BCUT2D eigenvalue weighted by atomic mass is 10.3. The second-order valence-corrected chi connectivity index (χ2v) is 2.43. The van der Waals surface area contributed by atoms with Crippen molar-refractivity contribution in [2.24, 2.45) is 0 Å². The van der Waals surface area contributed by atoms with Crippen LogP contribution < -0.4 is 5.32 Å². The van der Waals surface area contributed by atoms with Crippen LogP contribution in [0.25, 0.3) is 11.0 Å². The number of nitrogens with two attached hydrogens (primary N) is 1. The lowest BCUT2D eigenvalue weighted by Gasteiger charge is -1.81. The van der Waals surface area contributed by atoms with Crippen molar-refractivity contribution in [1.29, 1.82) is 0 Å². The molecule has 2 aromatic rings. The molecule has 0 saturated carbocycles. The molecule has 0 aliphatic heterocycles. The Hall–Kier alpha value is -1.35. The molecule has 0 bridgehead atoms. The van der Waals surface area contributed by atoms with Gasteiger partial charge in [0.15, 0.2) is 0 Å². The third-order valence-corrected chi connectivity index (χ3v) is 1.68. The predicted octanol–water partition coefficient (Wildman–Crippen LogP) is 0.388. The molecule has 11 heavy (non-hydrogen) atoms. The number of H-pyrrole nitrogens is 1. The number of hydrogen-bond acceptors (Lipinski definition) is 1. The number of benzene rings is 1. The number of nitrogens with zero attached hydrogens (tertiary/aromatic N) is 1. The van der Waals surface area contributed by atoms with Crippen molar-refractivity contribution in [3.63, 3.8) is 0 Å². The number of fused-ring (bicyclic) bond motifs is 1. The second-order valence-electron chi connectivity index (χ2n) is 2.43. The fourth-order valence-corrected chi connectivity index (χ4v) is 1.11. The van der Waals surface area contributed by atoms with Crippen LogP contribution in [0.3, 0.4) is 0 Å². The van der Waals surface area contributed by atoms with Gasteiger partial charge in [-0.2, -0.15) is 4.98 Å². The summed E-state index contributed by atoms with van der Waals surface area (Å²) in [5.41, 5.74) is 2.13. The minimum atomic E-state index is 0.936. The van der Waals surface area contributed by atoms with Crippen LogP contribution in [0.1, 0.15) is 0 Å². The molecule has 0 spiro atoms. The number of quaternary nitrogens is 1. The van der Waals surface area contributed by atoms with Crippen LogP contribution >= 0.6 is 0 Å². The fraction of sp³-hybridized carbons (Fsp3) is 0.125. The molecule has 0 fully saturated rings. The topological polar surface area (TPSA) is 45.3 Å². The van der Waals surface area contributed by atoms with Crippen molar-refractivity contribution in [2.45, 2.75) is 0 Å². The SMILES string of the molecule is C[NH2+]c1nc2ccccc2[nH]1. The van der Waals surface area contributed by atoms with E-state index in [1.807, 2.05) is 36.6 Å². The number of para-hydroxylation sites is 2. The van der Waals surface area contributed by atoms with Gasteiger partial charge in [-0.25, -0.2) is 0 Å². The predicted molar refractivity (Wildman–Crippen MR) is 43.6 cm³/mol. The maximum Gasteiger partial charge on any atom is 0.303 e. The average Bonchev–Trinajstić information content (AvgIpc) is 2.46. The molecular formula is C8H10N3+. The van der Waals surface area contributed by atoms with E-state index in [9.17, 15) is 0 Å². The van der Waals surface area contributed by atoms with Crippen LogP contribution in [-0.2, 0) is 0 Å². The summed E-state index contributed by atoms with van der Waals surface area (Å²) in [6.45, 7) is 0. The Labute approximate surface area is 64.5 Å². The maximum absolute atomic E-state index is 4.32. The van der Waals surface area contributed by atoms with E-state index >= 15 is 0 Å². The zero-order valence-electron chi connectivity index (χ0n) is 6.33. The van der Waals surface area contributed by atoms with Crippen LogP contribution in [0.2, 0.25) is 0 Å². The van der Waals surface area contributed by atoms with E-state index in [0.717, 1.165) is 17.0 Å². The maximum atomic E-state index is 4.32. The van der Waals surface area contributed by atoms with Crippen LogP contribution in [0.15, 0.2) is 24.3 Å².